The van der Waals surface area contributed by atoms with Gasteiger partial charge in [-0.1, -0.05) is 23.2 Å². The molecule has 0 saturated heterocycles. The first-order valence-corrected chi connectivity index (χ1v) is 6.97. The van der Waals surface area contributed by atoms with Crippen LogP contribution in [0.25, 0.3) is 0 Å². The van der Waals surface area contributed by atoms with Gasteiger partial charge in [-0.2, -0.15) is 11.8 Å². The molecule has 1 atom stereocenters. The van der Waals surface area contributed by atoms with Crippen molar-refractivity contribution in [3.63, 3.8) is 0 Å². The van der Waals surface area contributed by atoms with Crippen LogP contribution in [-0.2, 0) is 6.42 Å². The second-order valence-corrected chi connectivity index (χ2v) is 5.31. The molecule has 1 nitrogen and oxygen atoms in total. The second-order valence-electron chi connectivity index (χ2n) is 3.48. The third-order valence-electron chi connectivity index (χ3n) is 2.18. The minimum Gasteiger partial charge on any atom is -0.327 e. The highest BCUT2D eigenvalue weighted by Gasteiger charge is 2.07. The zero-order valence-electron chi connectivity index (χ0n) is 8.67. The van der Waals surface area contributed by atoms with Crippen molar-refractivity contribution in [1.29, 1.82) is 0 Å². The van der Waals surface area contributed by atoms with Crippen molar-refractivity contribution >= 4 is 35.0 Å². The second kappa shape index (κ2) is 6.64. The third-order valence-corrected chi connectivity index (χ3v) is 3.43. The predicted molar refractivity (Wildman–Crippen MR) is 71.1 cm³/mol. The summed E-state index contributed by atoms with van der Waals surface area (Å²) in [7, 11) is 0. The third kappa shape index (κ3) is 4.64. The Hall–Kier alpha value is 0.110. The molecule has 0 aromatic heterocycles. The summed E-state index contributed by atoms with van der Waals surface area (Å²) in [6.07, 6.45) is 3.88. The molecular formula is C11H15Cl2NS. The van der Waals surface area contributed by atoms with Crippen molar-refractivity contribution < 1.29 is 0 Å². The highest BCUT2D eigenvalue weighted by atomic mass is 35.5. The molecule has 1 unspecified atom stereocenters. The van der Waals surface area contributed by atoms with Gasteiger partial charge in [-0.15, -0.1) is 0 Å². The lowest BCUT2D eigenvalue weighted by Gasteiger charge is -2.12. The molecule has 84 valence electrons. The minimum atomic E-state index is 0.161. The van der Waals surface area contributed by atoms with Crippen LogP contribution in [0.1, 0.15) is 12.0 Å². The number of benzene rings is 1. The fourth-order valence-electron chi connectivity index (χ4n) is 1.35. The number of rotatable bonds is 5. The van der Waals surface area contributed by atoms with Gasteiger partial charge in [0.25, 0.3) is 0 Å². The summed E-state index contributed by atoms with van der Waals surface area (Å²) in [5.41, 5.74) is 7.04. The fourth-order valence-corrected chi connectivity index (χ4v) is 2.28. The SMILES string of the molecule is CSCCC(N)Cc1cc(Cl)ccc1Cl. The van der Waals surface area contributed by atoms with Crippen LogP contribution in [0.2, 0.25) is 10.0 Å². The zero-order chi connectivity index (χ0) is 11.3. The largest absolute Gasteiger partial charge is 0.327 e. The average molecular weight is 264 g/mol. The first kappa shape index (κ1) is 13.2. The van der Waals surface area contributed by atoms with Gasteiger partial charge in [0.15, 0.2) is 0 Å². The van der Waals surface area contributed by atoms with E-state index in [0.717, 1.165) is 29.2 Å². The number of thioether (sulfide) groups is 1. The van der Waals surface area contributed by atoms with Crippen molar-refractivity contribution in [2.75, 3.05) is 12.0 Å². The van der Waals surface area contributed by atoms with Crippen LogP contribution in [-0.4, -0.2) is 18.1 Å². The lowest BCUT2D eigenvalue weighted by Crippen LogP contribution is -2.23. The predicted octanol–water partition coefficient (Wildman–Crippen LogP) is 3.62. The van der Waals surface area contributed by atoms with Crippen LogP contribution in [0.15, 0.2) is 18.2 Å². The highest BCUT2D eigenvalue weighted by Crippen LogP contribution is 2.22. The smallest absolute Gasteiger partial charge is 0.0439 e. The van der Waals surface area contributed by atoms with Gasteiger partial charge in [-0.05, 0) is 48.6 Å². The molecule has 1 aromatic rings. The maximum atomic E-state index is 6.05. The summed E-state index contributed by atoms with van der Waals surface area (Å²) in [6.45, 7) is 0. The van der Waals surface area contributed by atoms with Gasteiger partial charge in [0.2, 0.25) is 0 Å². The highest BCUT2D eigenvalue weighted by molar-refractivity contribution is 7.98. The van der Waals surface area contributed by atoms with Gasteiger partial charge >= 0.3 is 0 Å². The number of halogens is 2. The van der Waals surface area contributed by atoms with Crippen molar-refractivity contribution in [2.24, 2.45) is 5.73 Å². The Balaban J connectivity index is 2.59. The maximum Gasteiger partial charge on any atom is 0.0439 e. The molecule has 0 amide bonds. The Morgan fingerprint density at radius 2 is 2.13 bits per heavy atom. The maximum absolute atomic E-state index is 6.05. The van der Waals surface area contributed by atoms with Crippen molar-refractivity contribution in [2.45, 2.75) is 18.9 Å². The van der Waals surface area contributed by atoms with E-state index in [1.807, 2.05) is 23.9 Å². The molecule has 1 rings (SSSR count). The van der Waals surface area contributed by atoms with E-state index >= 15 is 0 Å². The molecule has 0 spiro atoms. The van der Waals surface area contributed by atoms with Crippen LogP contribution in [0.3, 0.4) is 0 Å². The molecule has 0 saturated carbocycles. The van der Waals surface area contributed by atoms with E-state index in [4.69, 9.17) is 28.9 Å². The van der Waals surface area contributed by atoms with Crippen molar-refractivity contribution in [3.8, 4) is 0 Å². The first-order valence-electron chi connectivity index (χ1n) is 4.82. The van der Waals surface area contributed by atoms with E-state index in [1.165, 1.54) is 0 Å². The lowest BCUT2D eigenvalue weighted by atomic mass is 10.0. The fraction of sp³-hybridized carbons (Fsp3) is 0.455. The molecule has 0 aliphatic carbocycles. The molecule has 4 heteroatoms. The lowest BCUT2D eigenvalue weighted by molar-refractivity contribution is 0.652. The van der Waals surface area contributed by atoms with Gasteiger partial charge in [-0.25, -0.2) is 0 Å². The summed E-state index contributed by atoms with van der Waals surface area (Å²) in [5, 5.41) is 1.46. The molecule has 0 aliphatic rings. The number of hydrogen-bond donors (Lipinski definition) is 1. The molecule has 0 bridgehead atoms. The number of hydrogen-bond acceptors (Lipinski definition) is 2. The van der Waals surface area contributed by atoms with E-state index in [9.17, 15) is 0 Å². The molecule has 1 aromatic carbocycles. The Labute approximate surface area is 105 Å². The average Bonchev–Trinajstić information content (AvgIpc) is 2.20. The molecule has 0 radical (unpaired) electrons. The molecule has 0 heterocycles. The summed E-state index contributed by atoms with van der Waals surface area (Å²) >= 11 is 13.8. The first-order chi connectivity index (χ1) is 7.13. The van der Waals surface area contributed by atoms with Crippen LogP contribution in [0.5, 0.6) is 0 Å². The van der Waals surface area contributed by atoms with Crippen LogP contribution in [0.4, 0.5) is 0 Å². The van der Waals surface area contributed by atoms with E-state index in [0.29, 0.717) is 5.02 Å². The van der Waals surface area contributed by atoms with E-state index in [1.54, 1.807) is 6.07 Å². The van der Waals surface area contributed by atoms with E-state index in [-0.39, 0.29) is 6.04 Å². The summed E-state index contributed by atoms with van der Waals surface area (Å²) in [4.78, 5) is 0. The van der Waals surface area contributed by atoms with E-state index in [2.05, 4.69) is 6.26 Å². The summed E-state index contributed by atoms with van der Waals surface area (Å²) in [6, 6.07) is 5.66. The van der Waals surface area contributed by atoms with Gasteiger partial charge in [-0.3, -0.25) is 0 Å². The standard InChI is InChI=1S/C11H15Cl2NS/c1-15-5-4-10(14)7-8-6-9(12)2-3-11(8)13/h2-3,6,10H,4-5,7,14H2,1H3. The molecule has 0 fully saturated rings. The minimum absolute atomic E-state index is 0.161. The van der Waals surface area contributed by atoms with Gasteiger partial charge in [0, 0.05) is 16.1 Å². The summed E-state index contributed by atoms with van der Waals surface area (Å²) < 4.78 is 0. The molecule has 0 aliphatic heterocycles. The van der Waals surface area contributed by atoms with Crippen LogP contribution >= 0.6 is 35.0 Å². The Kier molecular flexibility index (Phi) is 5.83. The Bertz CT molecular complexity index is 317. The molecule has 2 N–H and O–H groups in total. The molecular weight excluding hydrogens is 249 g/mol. The zero-order valence-corrected chi connectivity index (χ0v) is 11.0. The van der Waals surface area contributed by atoms with E-state index < -0.39 is 0 Å². The quantitative estimate of drug-likeness (QED) is 0.879. The Morgan fingerprint density at radius 1 is 1.40 bits per heavy atom. The van der Waals surface area contributed by atoms with Gasteiger partial charge in [0.05, 0.1) is 0 Å². The number of nitrogens with two attached hydrogens (primary N) is 1. The summed E-state index contributed by atoms with van der Waals surface area (Å²) in [5.74, 6) is 1.08. The monoisotopic (exact) mass is 263 g/mol. The van der Waals surface area contributed by atoms with Gasteiger partial charge in [0.1, 0.15) is 0 Å². The Morgan fingerprint density at radius 3 is 2.80 bits per heavy atom. The van der Waals surface area contributed by atoms with Crippen LogP contribution in [0, 0.1) is 0 Å². The van der Waals surface area contributed by atoms with Crippen molar-refractivity contribution in [1.82, 2.24) is 0 Å². The van der Waals surface area contributed by atoms with Crippen LogP contribution < -0.4 is 5.73 Å². The normalized spacial score (nSPS) is 12.8. The molecule has 15 heavy (non-hydrogen) atoms. The van der Waals surface area contributed by atoms with Crippen molar-refractivity contribution in [3.05, 3.63) is 33.8 Å². The van der Waals surface area contributed by atoms with Gasteiger partial charge < -0.3 is 5.73 Å². The topological polar surface area (TPSA) is 26.0 Å².